The molecule has 156 valence electrons. The Morgan fingerprint density at radius 2 is 1.87 bits per heavy atom. The molecule has 0 aliphatic heterocycles. The van der Waals surface area contributed by atoms with Gasteiger partial charge in [0.15, 0.2) is 0 Å². The predicted octanol–water partition coefficient (Wildman–Crippen LogP) is 7.16. The Labute approximate surface area is 179 Å². The number of hydrogen-bond acceptors (Lipinski definition) is 3. The van der Waals surface area contributed by atoms with Crippen LogP contribution >= 0.6 is 0 Å². The molecule has 1 heterocycles. The molecule has 2 aromatic carbocycles. The van der Waals surface area contributed by atoms with Crippen LogP contribution in [0.4, 0.5) is 11.6 Å². The van der Waals surface area contributed by atoms with Crippen LogP contribution in [0.1, 0.15) is 77.0 Å². The predicted molar refractivity (Wildman–Crippen MR) is 124 cm³/mol. The van der Waals surface area contributed by atoms with E-state index >= 15 is 0 Å². The van der Waals surface area contributed by atoms with E-state index in [2.05, 4.69) is 80.9 Å². The number of imidazole rings is 1. The highest BCUT2D eigenvalue weighted by Crippen LogP contribution is 2.46. The minimum atomic E-state index is 0.307. The van der Waals surface area contributed by atoms with Gasteiger partial charge in [-0.15, -0.1) is 0 Å². The number of nitrogens with zero attached hydrogens (tertiary/aromatic N) is 3. The Hall–Kier alpha value is -2.80. The second-order valence-electron chi connectivity index (χ2n) is 10.1. The summed E-state index contributed by atoms with van der Waals surface area (Å²) in [6.45, 7) is 11.5. The van der Waals surface area contributed by atoms with Crippen LogP contribution in [0.3, 0.4) is 0 Å². The molecular weight excluding hydrogens is 368 g/mol. The fraction of sp³-hybridized carbons (Fsp3) is 0.462. The number of hydrogen-bond donors (Lipinski definition) is 1. The first-order valence-corrected chi connectivity index (χ1v) is 11.0. The molecule has 1 aliphatic carbocycles. The van der Waals surface area contributed by atoms with Gasteiger partial charge in [-0.05, 0) is 72.4 Å². The monoisotopic (exact) mass is 400 g/mol. The smallest absolute Gasteiger partial charge is 0.208 e. The standard InChI is InChI=1S/C26H32N4/c1-17(2)20-7-9-21(10-8-20)28-25-29-23-13-19(16-27)6-11-24(23)30(25)22-12-18(3)14-26(4,5)15-22/h6-11,13,17-18,22H,12,14-15H2,1-5H3,(H,28,29)/t18-,22+/m0/s1. The molecule has 1 N–H and O–H groups in total. The van der Waals surface area contributed by atoms with Crippen molar-refractivity contribution in [2.75, 3.05) is 5.32 Å². The summed E-state index contributed by atoms with van der Waals surface area (Å²) in [5, 5.41) is 12.9. The number of rotatable bonds is 4. The highest BCUT2D eigenvalue weighted by molar-refractivity contribution is 5.81. The molecule has 2 atom stereocenters. The van der Waals surface area contributed by atoms with Crippen LogP contribution in [-0.2, 0) is 0 Å². The molecular formula is C26H32N4. The third-order valence-corrected chi connectivity index (χ3v) is 6.38. The number of aromatic nitrogens is 2. The molecule has 4 nitrogen and oxygen atoms in total. The average molecular weight is 401 g/mol. The van der Waals surface area contributed by atoms with E-state index in [-0.39, 0.29) is 0 Å². The van der Waals surface area contributed by atoms with Crippen LogP contribution in [0.25, 0.3) is 11.0 Å². The maximum absolute atomic E-state index is 9.33. The lowest BCUT2D eigenvalue weighted by molar-refractivity contribution is 0.140. The number of anilines is 2. The van der Waals surface area contributed by atoms with Crippen LogP contribution in [-0.4, -0.2) is 9.55 Å². The van der Waals surface area contributed by atoms with Crippen molar-refractivity contribution in [3.8, 4) is 6.07 Å². The van der Waals surface area contributed by atoms with Gasteiger partial charge in [-0.2, -0.15) is 5.26 Å². The summed E-state index contributed by atoms with van der Waals surface area (Å²) in [4.78, 5) is 4.92. The Morgan fingerprint density at radius 1 is 1.13 bits per heavy atom. The van der Waals surface area contributed by atoms with Crippen LogP contribution in [0.5, 0.6) is 0 Å². The molecule has 1 aromatic heterocycles. The van der Waals surface area contributed by atoms with Crippen LogP contribution < -0.4 is 5.32 Å². The van der Waals surface area contributed by atoms with Crippen molar-refractivity contribution in [3.63, 3.8) is 0 Å². The van der Waals surface area contributed by atoms with Gasteiger partial charge in [-0.1, -0.05) is 46.8 Å². The van der Waals surface area contributed by atoms with E-state index in [1.807, 2.05) is 12.1 Å². The van der Waals surface area contributed by atoms with Gasteiger partial charge < -0.3 is 9.88 Å². The molecule has 1 aliphatic rings. The Bertz CT molecular complexity index is 1080. The van der Waals surface area contributed by atoms with Gasteiger partial charge in [0.05, 0.1) is 22.7 Å². The Morgan fingerprint density at radius 3 is 2.50 bits per heavy atom. The number of nitrogens with one attached hydrogen (secondary N) is 1. The summed E-state index contributed by atoms with van der Waals surface area (Å²) >= 11 is 0. The molecule has 1 saturated carbocycles. The number of nitriles is 1. The molecule has 4 heteroatoms. The lowest BCUT2D eigenvalue weighted by atomic mass is 9.70. The van der Waals surface area contributed by atoms with E-state index in [0.717, 1.165) is 35.5 Å². The minimum absolute atomic E-state index is 0.307. The van der Waals surface area contributed by atoms with Crippen molar-refractivity contribution in [1.29, 1.82) is 5.26 Å². The molecule has 0 radical (unpaired) electrons. The van der Waals surface area contributed by atoms with Gasteiger partial charge in [0.25, 0.3) is 0 Å². The van der Waals surface area contributed by atoms with E-state index in [1.165, 1.54) is 12.0 Å². The lowest BCUT2D eigenvalue weighted by Crippen LogP contribution is -2.29. The van der Waals surface area contributed by atoms with Gasteiger partial charge in [0.1, 0.15) is 0 Å². The zero-order valence-electron chi connectivity index (χ0n) is 18.7. The van der Waals surface area contributed by atoms with Crippen molar-refractivity contribution in [3.05, 3.63) is 53.6 Å². The Balaban J connectivity index is 1.77. The maximum atomic E-state index is 9.33. The quantitative estimate of drug-likeness (QED) is 0.505. The highest BCUT2D eigenvalue weighted by atomic mass is 15.2. The van der Waals surface area contributed by atoms with Gasteiger partial charge >= 0.3 is 0 Å². The second kappa shape index (κ2) is 7.80. The van der Waals surface area contributed by atoms with E-state index in [1.54, 1.807) is 0 Å². The zero-order valence-corrected chi connectivity index (χ0v) is 18.7. The van der Waals surface area contributed by atoms with Gasteiger partial charge in [-0.3, -0.25) is 0 Å². The van der Waals surface area contributed by atoms with E-state index < -0.39 is 0 Å². The van der Waals surface area contributed by atoms with Crippen molar-refractivity contribution >= 4 is 22.7 Å². The lowest BCUT2D eigenvalue weighted by Gasteiger charge is -2.40. The van der Waals surface area contributed by atoms with Gasteiger partial charge in [0, 0.05) is 11.7 Å². The molecule has 0 amide bonds. The summed E-state index contributed by atoms with van der Waals surface area (Å²) in [7, 11) is 0. The fourth-order valence-electron chi connectivity index (χ4n) is 5.20. The molecule has 30 heavy (non-hydrogen) atoms. The number of fused-ring (bicyclic) bond motifs is 1. The molecule has 3 aromatic rings. The normalized spacial score (nSPS) is 21.0. The summed E-state index contributed by atoms with van der Waals surface area (Å²) in [5.74, 6) is 2.05. The SMILES string of the molecule is CC(C)c1ccc(Nc2nc3cc(C#N)ccc3n2[C@@H]2C[C@H](C)CC(C)(C)C2)cc1. The zero-order chi connectivity index (χ0) is 21.5. The maximum Gasteiger partial charge on any atom is 0.208 e. The molecule has 0 saturated heterocycles. The number of benzene rings is 2. The van der Waals surface area contributed by atoms with Crippen LogP contribution in [0.15, 0.2) is 42.5 Å². The molecule has 0 spiro atoms. The summed E-state index contributed by atoms with van der Waals surface area (Å²) < 4.78 is 2.38. The van der Waals surface area contributed by atoms with Gasteiger partial charge in [0.2, 0.25) is 5.95 Å². The van der Waals surface area contributed by atoms with Crippen LogP contribution in [0.2, 0.25) is 0 Å². The molecule has 1 fully saturated rings. The van der Waals surface area contributed by atoms with E-state index in [4.69, 9.17) is 4.98 Å². The van der Waals surface area contributed by atoms with Crippen molar-refractivity contribution in [1.82, 2.24) is 9.55 Å². The third-order valence-electron chi connectivity index (χ3n) is 6.38. The fourth-order valence-corrected chi connectivity index (χ4v) is 5.20. The second-order valence-corrected chi connectivity index (χ2v) is 10.1. The van der Waals surface area contributed by atoms with Gasteiger partial charge in [-0.25, -0.2) is 4.98 Å². The van der Waals surface area contributed by atoms with E-state index in [9.17, 15) is 5.26 Å². The molecule has 0 unspecified atom stereocenters. The van der Waals surface area contributed by atoms with Crippen LogP contribution in [0, 0.1) is 22.7 Å². The van der Waals surface area contributed by atoms with Crippen molar-refractivity contribution in [2.24, 2.45) is 11.3 Å². The van der Waals surface area contributed by atoms with E-state index in [0.29, 0.717) is 28.9 Å². The summed E-state index contributed by atoms with van der Waals surface area (Å²) in [6.07, 6.45) is 3.54. The average Bonchev–Trinajstić information content (AvgIpc) is 3.03. The summed E-state index contributed by atoms with van der Waals surface area (Å²) in [5.41, 5.74) is 5.31. The molecule has 0 bridgehead atoms. The first-order chi connectivity index (χ1) is 14.3. The minimum Gasteiger partial charge on any atom is -0.326 e. The topological polar surface area (TPSA) is 53.6 Å². The first kappa shape index (κ1) is 20.5. The highest BCUT2D eigenvalue weighted by Gasteiger charge is 2.34. The van der Waals surface area contributed by atoms with Crippen molar-refractivity contribution in [2.45, 2.75) is 65.8 Å². The molecule has 4 rings (SSSR count). The summed E-state index contributed by atoms with van der Waals surface area (Å²) in [6, 6.07) is 17.1. The first-order valence-electron chi connectivity index (χ1n) is 11.0. The van der Waals surface area contributed by atoms with Crippen molar-refractivity contribution < 1.29 is 0 Å². The third kappa shape index (κ3) is 4.07. The largest absolute Gasteiger partial charge is 0.326 e. The Kier molecular flexibility index (Phi) is 5.32.